The van der Waals surface area contributed by atoms with E-state index >= 15 is 0 Å². The topological polar surface area (TPSA) is 44.8 Å². The number of benzene rings is 1. The molecule has 1 fully saturated rings. The summed E-state index contributed by atoms with van der Waals surface area (Å²) in [5, 5.41) is 7.97. The quantitative estimate of drug-likeness (QED) is 0.719. The molecule has 0 aliphatic heterocycles. The van der Waals surface area contributed by atoms with Gasteiger partial charge in [-0.2, -0.15) is 5.10 Å². The Labute approximate surface area is 159 Å². The van der Waals surface area contributed by atoms with Crippen molar-refractivity contribution in [2.45, 2.75) is 37.6 Å². The highest BCUT2D eigenvalue weighted by molar-refractivity contribution is 5.82. The maximum atomic E-state index is 13.4. The predicted molar refractivity (Wildman–Crippen MR) is 106 cm³/mol. The van der Waals surface area contributed by atoms with Gasteiger partial charge in [-0.05, 0) is 81.7 Å². The monoisotopic (exact) mass is 364 g/mol. The van der Waals surface area contributed by atoms with Crippen molar-refractivity contribution >= 4 is 0 Å². The van der Waals surface area contributed by atoms with E-state index in [1.807, 2.05) is 24.5 Å². The van der Waals surface area contributed by atoms with Crippen LogP contribution in [0.3, 0.4) is 0 Å². The number of pyridine rings is 1. The van der Waals surface area contributed by atoms with Crippen LogP contribution < -0.4 is 0 Å². The molecule has 1 aromatic carbocycles. The van der Waals surface area contributed by atoms with Crippen molar-refractivity contribution in [2.24, 2.45) is 0 Å². The summed E-state index contributed by atoms with van der Waals surface area (Å²) in [6.07, 6.45) is 8.29. The van der Waals surface area contributed by atoms with Gasteiger partial charge < -0.3 is 4.90 Å². The van der Waals surface area contributed by atoms with E-state index in [1.54, 1.807) is 12.1 Å². The standard InChI is InChI=1S/C22H25FN4/c1-27(2)19-9-5-17(6-10-19)22-20(15-11-13-24-14-12-15)21(25-26-22)16-3-7-18(23)8-4-16/h3-4,7-8,11-14,17,19H,5-6,9-10H2,1-2H3,(H,25,26). The minimum absolute atomic E-state index is 0.234. The third-order valence-corrected chi connectivity index (χ3v) is 5.72. The molecule has 5 heteroatoms. The van der Waals surface area contributed by atoms with Gasteiger partial charge in [0.05, 0.1) is 0 Å². The molecule has 1 aliphatic rings. The summed E-state index contributed by atoms with van der Waals surface area (Å²) in [5.74, 6) is 0.230. The maximum absolute atomic E-state index is 13.4. The van der Waals surface area contributed by atoms with Gasteiger partial charge in [-0.15, -0.1) is 0 Å². The van der Waals surface area contributed by atoms with Crippen LogP contribution in [0.1, 0.15) is 37.3 Å². The van der Waals surface area contributed by atoms with Gasteiger partial charge in [0.2, 0.25) is 0 Å². The fourth-order valence-corrected chi connectivity index (χ4v) is 4.16. The van der Waals surface area contributed by atoms with Crippen molar-refractivity contribution in [2.75, 3.05) is 14.1 Å². The fraction of sp³-hybridized carbons (Fsp3) is 0.364. The Morgan fingerprint density at radius 1 is 0.926 bits per heavy atom. The number of nitrogens with one attached hydrogen (secondary N) is 1. The molecule has 0 saturated heterocycles. The van der Waals surface area contributed by atoms with Crippen molar-refractivity contribution in [3.63, 3.8) is 0 Å². The zero-order valence-electron chi connectivity index (χ0n) is 15.8. The molecule has 1 N–H and O–H groups in total. The normalized spacial score (nSPS) is 20.1. The van der Waals surface area contributed by atoms with Crippen LogP contribution in [0.5, 0.6) is 0 Å². The van der Waals surface area contributed by atoms with Gasteiger partial charge in [-0.3, -0.25) is 10.1 Å². The molecular weight excluding hydrogens is 339 g/mol. The summed E-state index contributed by atoms with van der Waals surface area (Å²) in [5.41, 5.74) is 5.22. The van der Waals surface area contributed by atoms with Crippen LogP contribution in [0.25, 0.3) is 22.4 Å². The number of hydrogen-bond donors (Lipinski definition) is 1. The second-order valence-electron chi connectivity index (χ2n) is 7.57. The van der Waals surface area contributed by atoms with Crippen LogP contribution >= 0.6 is 0 Å². The summed E-state index contributed by atoms with van der Waals surface area (Å²) in [6.45, 7) is 0. The van der Waals surface area contributed by atoms with Crippen LogP contribution in [0, 0.1) is 5.82 Å². The third kappa shape index (κ3) is 3.65. The fourth-order valence-electron chi connectivity index (χ4n) is 4.16. The van der Waals surface area contributed by atoms with Crippen molar-refractivity contribution in [3.05, 3.63) is 60.3 Å². The van der Waals surface area contributed by atoms with Gasteiger partial charge in [-0.1, -0.05) is 0 Å². The Bertz CT molecular complexity index is 878. The molecule has 3 aromatic rings. The molecule has 0 unspecified atom stereocenters. The number of nitrogens with zero attached hydrogens (tertiary/aromatic N) is 3. The second kappa shape index (κ2) is 7.61. The van der Waals surface area contributed by atoms with Gasteiger partial charge in [0.25, 0.3) is 0 Å². The lowest BCUT2D eigenvalue weighted by atomic mass is 9.81. The van der Waals surface area contributed by atoms with Crippen LogP contribution in [0.4, 0.5) is 4.39 Å². The molecule has 4 nitrogen and oxygen atoms in total. The Kier molecular flexibility index (Phi) is 5.03. The van der Waals surface area contributed by atoms with Crippen molar-refractivity contribution < 1.29 is 4.39 Å². The second-order valence-corrected chi connectivity index (χ2v) is 7.57. The Hall–Kier alpha value is -2.53. The molecule has 2 aromatic heterocycles. The number of H-pyrrole nitrogens is 1. The van der Waals surface area contributed by atoms with E-state index < -0.39 is 0 Å². The molecule has 0 amide bonds. The summed E-state index contributed by atoms with van der Waals surface area (Å²) < 4.78 is 13.4. The minimum atomic E-state index is -0.234. The highest BCUT2D eigenvalue weighted by atomic mass is 19.1. The van der Waals surface area contributed by atoms with E-state index in [9.17, 15) is 4.39 Å². The first-order valence-corrected chi connectivity index (χ1v) is 9.54. The number of rotatable bonds is 4. The summed E-state index contributed by atoms with van der Waals surface area (Å²) in [7, 11) is 4.33. The molecule has 27 heavy (non-hydrogen) atoms. The molecule has 0 bridgehead atoms. The average Bonchev–Trinajstić information content (AvgIpc) is 3.14. The Morgan fingerprint density at radius 3 is 2.22 bits per heavy atom. The average molecular weight is 364 g/mol. The summed E-state index contributed by atoms with van der Waals surface area (Å²) >= 11 is 0. The maximum Gasteiger partial charge on any atom is 0.123 e. The van der Waals surface area contributed by atoms with E-state index in [-0.39, 0.29) is 5.82 Å². The summed E-state index contributed by atoms with van der Waals surface area (Å²) in [6, 6.07) is 11.3. The van der Waals surface area contributed by atoms with Crippen LogP contribution in [-0.4, -0.2) is 40.2 Å². The SMILES string of the molecule is CN(C)C1CCC(c2[nH]nc(-c3ccc(F)cc3)c2-c2ccncc2)CC1. The Morgan fingerprint density at radius 2 is 1.59 bits per heavy atom. The van der Waals surface area contributed by atoms with Gasteiger partial charge in [0, 0.05) is 41.2 Å². The van der Waals surface area contributed by atoms with E-state index in [1.165, 1.54) is 30.7 Å². The van der Waals surface area contributed by atoms with Crippen molar-refractivity contribution in [1.82, 2.24) is 20.1 Å². The zero-order valence-corrected chi connectivity index (χ0v) is 15.8. The number of aromatic amines is 1. The number of hydrogen-bond acceptors (Lipinski definition) is 3. The third-order valence-electron chi connectivity index (χ3n) is 5.72. The van der Waals surface area contributed by atoms with E-state index in [4.69, 9.17) is 0 Å². The van der Waals surface area contributed by atoms with Crippen LogP contribution in [0.2, 0.25) is 0 Å². The molecule has 140 valence electrons. The highest BCUT2D eigenvalue weighted by Crippen LogP contribution is 2.41. The van der Waals surface area contributed by atoms with Crippen LogP contribution in [-0.2, 0) is 0 Å². The lowest BCUT2D eigenvalue weighted by molar-refractivity contribution is 0.215. The minimum Gasteiger partial charge on any atom is -0.306 e. The van der Waals surface area contributed by atoms with Gasteiger partial charge in [0.1, 0.15) is 11.5 Å². The van der Waals surface area contributed by atoms with Crippen molar-refractivity contribution in [3.8, 4) is 22.4 Å². The molecule has 1 aliphatic carbocycles. The first kappa shape index (κ1) is 17.9. The zero-order chi connectivity index (χ0) is 18.8. The van der Waals surface area contributed by atoms with E-state index in [0.29, 0.717) is 12.0 Å². The smallest absolute Gasteiger partial charge is 0.123 e. The molecule has 0 radical (unpaired) electrons. The molecular formula is C22H25FN4. The molecule has 4 rings (SSSR count). The van der Waals surface area contributed by atoms with Crippen molar-refractivity contribution in [1.29, 1.82) is 0 Å². The lowest BCUT2D eigenvalue weighted by Crippen LogP contribution is -2.31. The largest absolute Gasteiger partial charge is 0.306 e. The molecule has 0 spiro atoms. The van der Waals surface area contributed by atoms with Gasteiger partial charge >= 0.3 is 0 Å². The lowest BCUT2D eigenvalue weighted by Gasteiger charge is -2.32. The van der Waals surface area contributed by atoms with Gasteiger partial charge in [0.15, 0.2) is 0 Å². The molecule has 2 heterocycles. The van der Waals surface area contributed by atoms with E-state index in [0.717, 1.165) is 35.2 Å². The number of aromatic nitrogens is 3. The predicted octanol–water partition coefficient (Wildman–Crippen LogP) is 4.87. The first-order valence-electron chi connectivity index (χ1n) is 9.54. The van der Waals surface area contributed by atoms with Crippen LogP contribution in [0.15, 0.2) is 48.8 Å². The van der Waals surface area contributed by atoms with Gasteiger partial charge in [-0.25, -0.2) is 4.39 Å². The molecule has 1 saturated carbocycles. The molecule has 0 atom stereocenters. The first-order chi connectivity index (χ1) is 13.1. The number of halogens is 1. The van der Waals surface area contributed by atoms with E-state index in [2.05, 4.69) is 34.2 Å². The highest BCUT2D eigenvalue weighted by Gasteiger charge is 2.28. The Balaban J connectivity index is 1.73. The summed E-state index contributed by atoms with van der Waals surface area (Å²) in [4.78, 5) is 6.49.